The molecule has 1 aromatic carbocycles. The van der Waals surface area contributed by atoms with Crippen molar-refractivity contribution in [2.45, 2.75) is 94.4 Å². The standard InChI is InChI=1S/C33H44O18/c1-4-18-19(20(30(43)44-3)13-47-31(18)51-33-29(42)26(39)24(37)21(12-34)49-33)11-23(36)48-17-7-5-16(6-8-17)9-10-45-32-28(41)27(40)25(38)22(50-32)14-46-15(2)35/h4-8,13,19,21-22,24-29,31-34,37-42H,9-12,14H2,1-3H3/t19-,21-,22-,24-,25-,26+,27+,28-,29-,31+,32-,33+/m1/s1. The molecule has 51 heavy (non-hydrogen) atoms. The molecule has 12 atom stereocenters. The van der Waals surface area contributed by atoms with Gasteiger partial charge in [-0.3, -0.25) is 9.59 Å². The quantitative estimate of drug-likeness (QED) is 0.0640. The van der Waals surface area contributed by atoms with Crippen LogP contribution in [0, 0.1) is 5.92 Å². The Labute approximate surface area is 292 Å². The highest BCUT2D eigenvalue weighted by molar-refractivity contribution is 5.91. The number of hydrogen-bond donors (Lipinski definition) is 7. The fourth-order valence-electron chi connectivity index (χ4n) is 5.67. The van der Waals surface area contributed by atoms with Crippen LogP contribution < -0.4 is 4.74 Å². The van der Waals surface area contributed by atoms with E-state index in [4.69, 9.17) is 37.9 Å². The summed E-state index contributed by atoms with van der Waals surface area (Å²) in [6.45, 7) is 1.77. The van der Waals surface area contributed by atoms with Crippen LogP contribution >= 0.6 is 0 Å². The van der Waals surface area contributed by atoms with Crippen molar-refractivity contribution in [1.29, 1.82) is 0 Å². The van der Waals surface area contributed by atoms with Crippen LogP contribution in [0.1, 0.15) is 25.8 Å². The average molecular weight is 729 g/mol. The molecule has 3 heterocycles. The number of carbonyl (C=O) groups excluding carboxylic acids is 3. The molecule has 4 rings (SSSR count). The minimum atomic E-state index is -1.73. The van der Waals surface area contributed by atoms with Crippen molar-refractivity contribution >= 4 is 17.9 Å². The van der Waals surface area contributed by atoms with Gasteiger partial charge in [-0.1, -0.05) is 18.2 Å². The van der Waals surface area contributed by atoms with Gasteiger partial charge in [0.2, 0.25) is 6.29 Å². The third kappa shape index (κ3) is 9.87. The summed E-state index contributed by atoms with van der Waals surface area (Å²) in [6.07, 6.45) is -13.7. The maximum absolute atomic E-state index is 13.1. The second kappa shape index (κ2) is 18.3. The van der Waals surface area contributed by atoms with Crippen LogP contribution in [0.25, 0.3) is 0 Å². The van der Waals surface area contributed by atoms with E-state index in [2.05, 4.69) is 0 Å². The summed E-state index contributed by atoms with van der Waals surface area (Å²) < 4.78 is 43.0. The average Bonchev–Trinajstić information content (AvgIpc) is 3.11. The van der Waals surface area contributed by atoms with E-state index in [9.17, 15) is 50.1 Å². The van der Waals surface area contributed by atoms with Crippen molar-refractivity contribution in [2.24, 2.45) is 5.92 Å². The van der Waals surface area contributed by atoms with E-state index in [1.54, 1.807) is 19.1 Å². The molecular formula is C33H44O18. The Morgan fingerprint density at radius 1 is 0.863 bits per heavy atom. The molecule has 18 nitrogen and oxygen atoms in total. The SMILES string of the molecule is CC=C1[C@H](O[C@@H]2O[C@H](CO)[C@@H](O)[C@H](O)[C@H]2O)OC=C(C(=O)OC)[C@@H]1CC(=O)Oc1ccc(CCO[C@@H]2O[C@H](COC(C)=O)[C@@H](O)[C@H](O)[C@H]2O)cc1. The third-order valence-corrected chi connectivity index (χ3v) is 8.55. The van der Waals surface area contributed by atoms with Crippen LogP contribution in [-0.4, -0.2) is 148 Å². The van der Waals surface area contributed by atoms with Crippen molar-refractivity contribution in [2.75, 3.05) is 26.9 Å². The molecule has 3 aliphatic heterocycles. The molecular weight excluding hydrogens is 684 g/mol. The number of aliphatic hydroxyl groups excluding tert-OH is 7. The molecule has 0 spiro atoms. The lowest BCUT2D eigenvalue weighted by atomic mass is 9.86. The van der Waals surface area contributed by atoms with E-state index in [0.29, 0.717) is 6.42 Å². The topological polar surface area (TPSA) is 267 Å². The third-order valence-electron chi connectivity index (χ3n) is 8.55. The van der Waals surface area contributed by atoms with Gasteiger partial charge in [0.15, 0.2) is 12.6 Å². The molecule has 0 saturated carbocycles. The lowest BCUT2D eigenvalue weighted by Crippen LogP contribution is -2.60. The van der Waals surface area contributed by atoms with Gasteiger partial charge in [-0.05, 0) is 31.0 Å². The van der Waals surface area contributed by atoms with Crippen LogP contribution in [0.2, 0.25) is 0 Å². The number of esters is 3. The Morgan fingerprint density at radius 3 is 2.10 bits per heavy atom. The first-order valence-electron chi connectivity index (χ1n) is 16.1. The number of ether oxygens (including phenoxy) is 8. The van der Waals surface area contributed by atoms with Gasteiger partial charge in [0.05, 0.1) is 38.6 Å². The normalized spacial score (nSPS) is 34.6. The summed E-state index contributed by atoms with van der Waals surface area (Å²) in [5.41, 5.74) is 0.967. The first-order chi connectivity index (χ1) is 24.3. The summed E-state index contributed by atoms with van der Waals surface area (Å²) in [6, 6.07) is 6.36. The van der Waals surface area contributed by atoms with Gasteiger partial charge in [-0.25, -0.2) is 4.79 Å². The van der Waals surface area contributed by atoms with E-state index >= 15 is 0 Å². The van der Waals surface area contributed by atoms with Crippen LogP contribution in [-0.2, 0) is 54.0 Å². The van der Waals surface area contributed by atoms with Gasteiger partial charge in [0.1, 0.15) is 61.2 Å². The van der Waals surface area contributed by atoms with E-state index in [-0.39, 0.29) is 36.5 Å². The number of aliphatic hydroxyl groups is 7. The van der Waals surface area contributed by atoms with Crippen molar-refractivity contribution < 1.29 is 88.0 Å². The minimum Gasteiger partial charge on any atom is -0.468 e. The Bertz CT molecular complexity index is 1390. The molecule has 2 saturated heterocycles. The van der Waals surface area contributed by atoms with Crippen molar-refractivity contribution in [3.05, 3.63) is 53.3 Å². The van der Waals surface area contributed by atoms with Gasteiger partial charge in [-0.2, -0.15) is 0 Å². The second-order valence-electron chi connectivity index (χ2n) is 12.0. The number of hydrogen-bond acceptors (Lipinski definition) is 18. The predicted molar refractivity (Wildman–Crippen MR) is 167 cm³/mol. The Kier molecular flexibility index (Phi) is 14.4. The number of carbonyl (C=O) groups is 3. The molecule has 0 aromatic heterocycles. The Morgan fingerprint density at radius 2 is 1.49 bits per heavy atom. The molecule has 7 N–H and O–H groups in total. The molecule has 0 radical (unpaired) electrons. The molecule has 0 amide bonds. The zero-order valence-corrected chi connectivity index (χ0v) is 28.0. The number of rotatable bonds is 13. The first-order valence-corrected chi connectivity index (χ1v) is 16.1. The van der Waals surface area contributed by atoms with E-state index in [1.165, 1.54) is 25.1 Å². The highest BCUT2D eigenvalue weighted by Gasteiger charge is 2.47. The summed E-state index contributed by atoms with van der Waals surface area (Å²) >= 11 is 0. The number of allylic oxidation sites excluding steroid dienone is 1. The fourth-order valence-corrected chi connectivity index (χ4v) is 5.67. The molecule has 3 aliphatic rings. The maximum atomic E-state index is 13.1. The van der Waals surface area contributed by atoms with E-state index in [0.717, 1.165) is 18.9 Å². The first kappa shape index (κ1) is 40.2. The van der Waals surface area contributed by atoms with Crippen LogP contribution in [0.4, 0.5) is 0 Å². The highest BCUT2D eigenvalue weighted by Crippen LogP contribution is 2.36. The maximum Gasteiger partial charge on any atom is 0.337 e. The van der Waals surface area contributed by atoms with Gasteiger partial charge in [0.25, 0.3) is 0 Å². The van der Waals surface area contributed by atoms with Gasteiger partial charge in [0, 0.05) is 18.4 Å². The lowest BCUT2D eigenvalue weighted by Gasteiger charge is -2.41. The zero-order chi connectivity index (χ0) is 37.4. The predicted octanol–water partition coefficient (Wildman–Crippen LogP) is -2.30. The monoisotopic (exact) mass is 728 g/mol. The van der Waals surface area contributed by atoms with Crippen LogP contribution in [0.3, 0.4) is 0 Å². The van der Waals surface area contributed by atoms with Crippen molar-refractivity contribution in [3.63, 3.8) is 0 Å². The lowest BCUT2D eigenvalue weighted by molar-refractivity contribution is -0.327. The molecule has 0 aliphatic carbocycles. The van der Waals surface area contributed by atoms with Crippen LogP contribution in [0.5, 0.6) is 5.75 Å². The second-order valence-corrected chi connectivity index (χ2v) is 12.0. The zero-order valence-electron chi connectivity index (χ0n) is 28.0. The van der Waals surface area contributed by atoms with Crippen molar-refractivity contribution in [1.82, 2.24) is 0 Å². The summed E-state index contributed by atoms with van der Waals surface area (Å²) in [5.74, 6) is -2.94. The summed E-state index contributed by atoms with van der Waals surface area (Å²) in [4.78, 5) is 36.9. The molecule has 284 valence electrons. The van der Waals surface area contributed by atoms with Crippen LogP contribution in [0.15, 0.2) is 47.7 Å². The fraction of sp³-hybridized carbons (Fsp3) is 0.606. The minimum absolute atomic E-state index is 0.0227. The summed E-state index contributed by atoms with van der Waals surface area (Å²) in [7, 11) is 1.15. The summed E-state index contributed by atoms with van der Waals surface area (Å²) in [5, 5.41) is 70.7. The molecule has 0 unspecified atom stereocenters. The largest absolute Gasteiger partial charge is 0.468 e. The Balaban J connectivity index is 1.35. The van der Waals surface area contributed by atoms with E-state index < -0.39 is 98.1 Å². The molecule has 1 aromatic rings. The molecule has 0 bridgehead atoms. The molecule has 18 heteroatoms. The van der Waals surface area contributed by atoms with Crippen molar-refractivity contribution in [3.8, 4) is 5.75 Å². The highest BCUT2D eigenvalue weighted by atomic mass is 16.8. The smallest absolute Gasteiger partial charge is 0.337 e. The number of benzene rings is 1. The van der Waals surface area contributed by atoms with Gasteiger partial charge < -0.3 is 73.6 Å². The van der Waals surface area contributed by atoms with Gasteiger partial charge in [-0.15, -0.1) is 0 Å². The van der Waals surface area contributed by atoms with E-state index in [1.807, 2.05) is 0 Å². The Hall–Kier alpha value is -3.53. The van der Waals surface area contributed by atoms with Gasteiger partial charge >= 0.3 is 17.9 Å². The molecule has 2 fully saturated rings. The number of methoxy groups -OCH3 is 1.